The molecule has 2 heterocycles. The van der Waals surface area contributed by atoms with Gasteiger partial charge in [-0.25, -0.2) is 13.1 Å². The third kappa shape index (κ3) is 3.60. The van der Waals surface area contributed by atoms with Crippen LogP contribution in [0, 0.1) is 5.92 Å². The maximum Gasteiger partial charge on any atom is 0.244 e. The first-order chi connectivity index (χ1) is 13.0. The number of sulfonamides is 1. The van der Waals surface area contributed by atoms with Crippen LogP contribution in [0.15, 0.2) is 53.8 Å². The van der Waals surface area contributed by atoms with E-state index in [4.69, 9.17) is 0 Å². The third-order valence-electron chi connectivity index (χ3n) is 5.12. The Hall–Kier alpha value is -2.29. The summed E-state index contributed by atoms with van der Waals surface area (Å²) in [6, 6.07) is 9.25. The summed E-state index contributed by atoms with van der Waals surface area (Å²) in [6.07, 6.45) is 5.35. The smallest absolute Gasteiger partial charge is 0.244 e. The zero-order valence-electron chi connectivity index (χ0n) is 15.0. The summed E-state index contributed by atoms with van der Waals surface area (Å²) in [6.45, 7) is 2.50. The zero-order chi connectivity index (χ0) is 19.0. The molecule has 8 heteroatoms. The van der Waals surface area contributed by atoms with E-state index in [9.17, 15) is 13.5 Å². The standard InChI is InChI=1S/C19H22N4O3S/c1-2-23-12-17(11-21-23)27(25,26)22-19(14-8-16(24)9-14)15-7-13-5-3-4-6-18(13)20-10-15/h3-7,10-12,14,16,19,22,24H,2,8-9H2,1H3/t14?,16?,19-/m0/s1. The van der Waals surface area contributed by atoms with Gasteiger partial charge in [0, 0.05) is 24.3 Å². The van der Waals surface area contributed by atoms with Crippen LogP contribution in [0.4, 0.5) is 0 Å². The zero-order valence-corrected chi connectivity index (χ0v) is 15.8. The molecule has 0 radical (unpaired) electrons. The number of nitrogens with one attached hydrogen (secondary N) is 1. The molecule has 0 unspecified atom stereocenters. The van der Waals surface area contributed by atoms with Crippen molar-refractivity contribution in [3.05, 3.63) is 54.5 Å². The van der Waals surface area contributed by atoms with Gasteiger partial charge in [0.05, 0.1) is 23.9 Å². The highest BCUT2D eigenvalue weighted by atomic mass is 32.2. The minimum absolute atomic E-state index is 0.0268. The van der Waals surface area contributed by atoms with Crippen molar-refractivity contribution in [1.29, 1.82) is 0 Å². The molecule has 2 N–H and O–H groups in total. The van der Waals surface area contributed by atoms with Gasteiger partial charge in [-0.05, 0) is 43.4 Å². The molecule has 1 aliphatic carbocycles. The largest absolute Gasteiger partial charge is 0.393 e. The molecular formula is C19H22N4O3S. The van der Waals surface area contributed by atoms with Crippen LogP contribution in [0.5, 0.6) is 0 Å². The van der Waals surface area contributed by atoms with Gasteiger partial charge >= 0.3 is 0 Å². The topological polar surface area (TPSA) is 97.1 Å². The maximum atomic E-state index is 12.9. The van der Waals surface area contributed by atoms with E-state index in [0.717, 1.165) is 16.5 Å². The molecule has 1 aromatic carbocycles. The third-order valence-corrected chi connectivity index (χ3v) is 6.51. The van der Waals surface area contributed by atoms with Crippen molar-refractivity contribution in [2.24, 2.45) is 5.92 Å². The van der Waals surface area contributed by atoms with E-state index in [0.29, 0.717) is 19.4 Å². The summed E-state index contributed by atoms with van der Waals surface area (Å²) in [5.41, 5.74) is 1.66. The van der Waals surface area contributed by atoms with Crippen molar-refractivity contribution in [2.45, 2.75) is 43.4 Å². The number of para-hydroxylation sites is 1. The van der Waals surface area contributed by atoms with Gasteiger partial charge < -0.3 is 5.11 Å². The number of benzene rings is 1. The molecule has 3 aromatic rings. The maximum absolute atomic E-state index is 12.9. The van der Waals surface area contributed by atoms with Crippen LogP contribution in [0.25, 0.3) is 10.9 Å². The second-order valence-corrected chi connectivity index (χ2v) is 8.69. The molecule has 0 bridgehead atoms. The van der Waals surface area contributed by atoms with Crippen LogP contribution in [0.2, 0.25) is 0 Å². The molecule has 0 saturated heterocycles. The molecule has 0 amide bonds. The molecule has 1 fully saturated rings. The number of pyridine rings is 1. The molecule has 142 valence electrons. The second-order valence-electron chi connectivity index (χ2n) is 6.98. The Kier molecular flexibility index (Phi) is 4.71. The Morgan fingerprint density at radius 1 is 1.30 bits per heavy atom. The quantitative estimate of drug-likeness (QED) is 0.677. The second kappa shape index (κ2) is 7.03. The predicted octanol–water partition coefficient (Wildman–Crippen LogP) is 2.24. The van der Waals surface area contributed by atoms with Crippen molar-refractivity contribution in [3.63, 3.8) is 0 Å². The number of rotatable bonds is 6. The predicted molar refractivity (Wildman–Crippen MR) is 101 cm³/mol. The molecule has 7 nitrogen and oxygen atoms in total. The van der Waals surface area contributed by atoms with Crippen LogP contribution < -0.4 is 4.72 Å². The lowest BCUT2D eigenvalue weighted by atomic mass is 9.75. The van der Waals surface area contributed by atoms with E-state index in [1.165, 1.54) is 12.4 Å². The summed E-state index contributed by atoms with van der Waals surface area (Å²) < 4.78 is 30.2. The lowest BCUT2D eigenvalue weighted by Gasteiger charge is -2.38. The lowest BCUT2D eigenvalue weighted by Crippen LogP contribution is -2.41. The van der Waals surface area contributed by atoms with E-state index >= 15 is 0 Å². The van der Waals surface area contributed by atoms with Crippen LogP contribution in [0.3, 0.4) is 0 Å². The Morgan fingerprint density at radius 2 is 2.07 bits per heavy atom. The normalized spacial score (nSPS) is 21.1. The number of hydrogen-bond donors (Lipinski definition) is 2. The number of nitrogens with zero attached hydrogens (tertiary/aromatic N) is 3. The fourth-order valence-electron chi connectivity index (χ4n) is 3.49. The average Bonchev–Trinajstić information content (AvgIpc) is 3.14. The van der Waals surface area contributed by atoms with Crippen molar-refractivity contribution in [2.75, 3.05) is 0 Å². The molecule has 1 atom stereocenters. The Balaban J connectivity index is 1.68. The number of fused-ring (bicyclic) bond motifs is 1. The van der Waals surface area contributed by atoms with Gasteiger partial charge in [-0.1, -0.05) is 18.2 Å². The molecule has 1 saturated carbocycles. The van der Waals surface area contributed by atoms with Gasteiger partial charge in [0.25, 0.3) is 0 Å². The fourth-order valence-corrected chi connectivity index (χ4v) is 4.73. The first kappa shape index (κ1) is 18.1. The van der Waals surface area contributed by atoms with Crippen molar-refractivity contribution < 1.29 is 13.5 Å². The average molecular weight is 386 g/mol. The van der Waals surface area contributed by atoms with E-state index < -0.39 is 16.1 Å². The van der Waals surface area contributed by atoms with E-state index in [1.54, 1.807) is 10.9 Å². The summed E-state index contributed by atoms with van der Waals surface area (Å²) >= 11 is 0. The summed E-state index contributed by atoms with van der Waals surface area (Å²) in [4.78, 5) is 4.61. The van der Waals surface area contributed by atoms with Gasteiger partial charge in [0.2, 0.25) is 10.0 Å². The Morgan fingerprint density at radius 3 is 2.78 bits per heavy atom. The Bertz CT molecular complexity index is 1060. The van der Waals surface area contributed by atoms with Crippen molar-refractivity contribution in [3.8, 4) is 0 Å². The SMILES string of the molecule is CCn1cc(S(=O)(=O)N[C@H](c2cnc3ccccc3c2)C2CC(O)C2)cn1. The van der Waals surface area contributed by atoms with Gasteiger partial charge in [0.1, 0.15) is 4.90 Å². The van der Waals surface area contributed by atoms with Gasteiger partial charge in [-0.3, -0.25) is 9.67 Å². The number of aromatic nitrogens is 3. The van der Waals surface area contributed by atoms with E-state index in [2.05, 4.69) is 14.8 Å². The monoisotopic (exact) mass is 386 g/mol. The molecule has 0 spiro atoms. The van der Waals surface area contributed by atoms with Crippen LogP contribution >= 0.6 is 0 Å². The van der Waals surface area contributed by atoms with Crippen LogP contribution in [-0.2, 0) is 16.6 Å². The number of aliphatic hydroxyl groups is 1. The molecule has 0 aliphatic heterocycles. The lowest BCUT2D eigenvalue weighted by molar-refractivity contribution is 0.0280. The number of aryl methyl sites for hydroxylation is 1. The van der Waals surface area contributed by atoms with E-state index in [1.807, 2.05) is 37.3 Å². The molecule has 2 aromatic heterocycles. The summed E-state index contributed by atoms with van der Waals surface area (Å²) in [7, 11) is -3.73. The molecule has 27 heavy (non-hydrogen) atoms. The highest BCUT2D eigenvalue weighted by molar-refractivity contribution is 7.89. The fraction of sp³-hybridized carbons (Fsp3) is 0.368. The van der Waals surface area contributed by atoms with Gasteiger partial charge in [-0.15, -0.1) is 0 Å². The van der Waals surface area contributed by atoms with Crippen molar-refractivity contribution >= 4 is 20.9 Å². The highest BCUT2D eigenvalue weighted by Crippen LogP contribution is 2.39. The summed E-state index contributed by atoms with van der Waals surface area (Å²) in [5, 5.41) is 14.7. The summed E-state index contributed by atoms with van der Waals surface area (Å²) in [5.74, 6) is 0.0268. The van der Waals surface area contributed by atoms with Crippen LogP contribution in [0.1, 0.15) is 31.4 Å². The Labute approximate surface area is 158 Å². The number of hydrogen-bond acceptors (Lipinski definition) is 5. The number of aliphatic hydroxyl groups excluding tert-OH is 1. The molecular weight excluding hydrogens is 364 g/mol. The molecule has 4 rings (SSSR count). The first-order valence-corrected chi connectivity index (χ1v) is 10.5. The van der Waals surface area contributed by atoms with Gasteiger partial charge in [0.15, 0.2) is 0 Å². The minimum atomic E-state index is -3.73. The van der Waals surface area contributed by atoms with E-state index in [-0.39, 0.29) is 16.9 Å². The molecule has 1 aliphatic rings. The van der Waals surface area contributed by atoms with Crippen LogP contribution in [-0.4, -0.2) is 34.4 Å². The highest BCUT2D eigenvalue weighted by Gasteiger charge is 2.37. The van der Waals surface area contributed by atoms with Crippen molar-refractivity contribution in [1.82, 2.24) is 19.5 Å². The first-order valence-electron chi connectivity index (χ1n) is 9.04. The van der Waals surface area contributed by atoms with Gasteiger partial charge in [-0.2, -0.15) is 5.10 Å². The minimum Gasteiger partial charge on any atom is -0.393 e.